The first-order valence-corrected chi connectivity index (χ1v) is 12.1. The van der Waals surface area contributed by atoms with Gasteiger partial charge in [0.05, 0.1) is 0 Å². The summed E-state index contributed by atoms with van der Waals surface area (Å²) in [6.45, 7) is 17.4. The fraction of sp³-hybridized carbons (Fsp3) is 0.188. The SMILES string of the molecule is C=C(C)/C(C(=C)/C=C/c1ccc(CC)c(CS)c1)=C(/c1ccccc1)c1cc(C)ccc1C. The van der Waals surface area contributed by atoms with Crippen molar-refractivity contribution in [3.8, 4) is 0 Å². The summed E-state index contributed by atoms with van der Waals surface area (Å²) in [7, 11) is 0. The van der Waals surface area contributed by atoms with Crippen LogP contribution in [0.5, 0.6) is 0 Å². The molecule has 0 saturated heterocycles. The Morgan fingerprint density at radius 3 is 2.27 bits per heavy atom. The number of thiol groups is 1. The molecule has 3 aromatic carbocycles. The third-order valence-electron chi connectivity index (χ3n) is 5.98. The van der Waals surface area contributed by atoms with Crippen LogP contribution in [-0.4, -0.2) is 0 Å². The minimum atomic E-state index is 0.744. The summed E-state index contributed by atoms with van der Waals surface area (Å²) in [5, 5.41) is 0. The zero-order chi connectivity index (χ0) is 24.0. The lowest BCUT2D eigenvalue weighted by Gasteiger charge is -2.20. The third kappa shape index (κ3) is 5.86. The van der Waals surface area contributed by atoms with Gasteiger partial charge in [-0.1, -0.05) is 105 Å². The minimum Gasteiger partial charge on any atom is -0.175 e. The van der Waals surface area contributed by atoms with Crippen molar-refractivity contribution in [2.75, 3.05) is 0 Å². The van der Waals surface area contributed by atoms with Gasteiger partial charge in [-0.05, 0) is 82.9 Å². The molecule has 0 aliphatic heterocycles. The zero-order valence-electron chi connectivity index (χ0n) is 20.3. The van der Waals surface area contributed by atoms with Crippen LogP contribution in [0.1, 0.15) is 52.8 Å². The summed E-state index contributed by atoms with van der Waals surface area (Å²) in [5.41, 5.74) is 12.9. The van der Waals surface area contributed by atoms with Gasteiger partial charge in [0.1, 0.15) is 0 Å². The van der Waals surface area contributed by atoms with E-state index in [0.717, 1.165) is 34.5 Å². The van der Waals surface area contributed by atoms with Crippen molar-refractivity contribution in [1.29, 1.82) is 0 Å². The fourth-order valence-electron chi connectivity index (χ4n) is 4.21. The standard InChI is InChI=1S/C32H34S/c1-7-27-18-17-26(20-29(27)21-33)16-15-25(6)31(22(2)3)32(28-11-9-8-10-12-28)30-19-23(4)13-14-24(30)5/h8-20,33H,2,6-7,21H2,1,3-5H3/b16-15+,32-31+. The van der Waals surface area contributed by atoms with Crippen molar-refractivity contribution >= 4 is 24.3 Å². The summed E-state index contributed by atoms with van der Waals surface area (Å²) < 4.78 is 0. The quantitative estimate of drug-likeness (QED) is 0.257. The minimum absolute atomic E-state index is 0.744. The topological polar surface area (TPSA) is 0 Å². The molecule has 0 unspecified atom stereocenters. The second kappa shape index (κ2) is 11.2. The van der Waals surface area contributed by atoms with Crippen LogP contribution in [0.2, 0.25) is 0 Å². The fourth-order valence-corrected chi connectivity index (χ4v) is 4.51. The van der Waals surface area contributed by atoms with Crippen molar-refractivity contribution in [3.63, 3.8) is 0 Å². The Morgan fingerprint density at radius 1 is 0.909 bits per heavy atom. The molecular weight excluding hydrogens is 416 g/mol. The van der Waals surface area contributed by atoms with E-state index >= 15 is 0 Å². The lowest BCUT2D eigenvalue weighted by Crippen LogP contribution is -2.00. The third-order valence-corrected chi connectivity index (χ3v) is 6.32. The van der Waals surface area contributed by atoms with E-state index in [1.54, 1.807) is 0 Å². The Labute approximate surface area is 205 Å². The van der Waals surface area contributed by atoms with E-state index in [9.17, 15) is 0 Å². The number of allylic oxidation sites excluding steroid dienone is 4. The van der Waals surface area contributed by atoms with Gasteiger partial charge in [0.25, 0.3) is 0 Å². The molecule has 0 heterocycles. The molecule has 0 atom stereocenters. The molecule has 0 N–H and O–H groups in total. The molecule has 33 heavy (non-hydrogen) atoms. The van der Waals surface area contributed by atoms with Crippen LogP contribution in [0.15, 0.2) is 103 Å². The van der Waals surface area contributed by atoms with Crippen LogP contribution < -0.4 is 0 Å². The smallest absolute Gasteiger partial charge is 0.0157 e. The highest BCUT2D eigenvalue weighted by Crippen LogP contribution is 2.36. The maximum atomic E-state index is 4.51. The first-order valence-electron chi connectivity index (χ1n) is 11.5. The van der Waals surface area contributed by atoms with Crippen LogP contribution >= 0.6 is 12.6 Å². The van der Waals surface area contributed by atoms with Gasteiger partial charge >= 0.3 is 0 Å². The molecule has 0 spiro atoms. The molecule has 0 aliphatic rings. The number of benzene rings is 3. The average molecular weight is 451 g/mol. The average Bonchev–Trinajstić information content (AvgIpc) is 2.82. The molecule has 0 fully saturated rings. The van der Waals surface area contributed by atoms with Gasteiger partial charge in [0.15, 0.2) is 0 Å². The van der Waals surface area contributed by atoms with Crippen molar-refractivity contribution in [3.05, 3.63) is 142 Å². The zero-order valence-corrected chi connectivity index (χ0v) is 21.2. The molecule has 3 aromatic rings. The first kappa shape index (κ1) is 24.6. The van der Waals surface area contributed by atoms with Crippen LogP contribution in [0.4, 0.5) is 0 Å². The van der Waals surface area contributed by atoms with E-state index in [4.69, 9.17) is 0 Å². The summed E-state index contributed by atoms with van der Waals surface area (Å²) in [4.78, 5) is 0. The Bertz CT molecular complexity index is 1220. The number of aryl methyl sites for hydroxylation is 3. The summed E-state index contributed by atoms with van der Waals surface area (Å²) in [5.74, 6) is 0.744. The predicted octanol–water partition coefficient (Wildman–Crippen LogP) is 8.94. The molecule has 1 heteroatoms. The second-order valence-corrected chi connectivity index (χ2v) is 8.93. The van der Waals surface area contributed by atoms with Gasteiger partial charge in [0, 0.05) is 5.75 Å². The molecular formula is C32H34S. The van der Waals surface area contributed by atoms with Crippen molar-refractivity contribution in [2.24, 2.45) is 0 Å². The Hall–Kier alpha value is -3.03. The van der Waals surface area contributed by atoms with Crippen molar-refractivity contribution in [2.45, 2.75) is 39.9 Å². The van der Waals surface area contributed by atoms with E-state index in [0.29, 0.717) is 0 Å². The molecule has 3 rings (SSSR count). The maximum absolute atomic E-state index is 4.51. The molecule has 168 valence electrons. The first-order chi connectivity index (χ1) is 15.8. The van der Waals surface area contributed by atoms with Gasteiger partial charge in [-0.3, -0.25) is 0 Å². The molecule has 0 amide bonds. The Morgan fingerprint density at radius 2 is 1.64 bits per heavy atom. The van der Waals surface area contributed by atoms with E-state index in [2.05, 4.69) is 132 Å². The number of hydrogen-bond acceptors (Lipinski definition) is 1. The maximum Gasteiger partial charge on any atom is 0.0157 e. The highest BCUT2D eigenvalue weighted by molar-refractivity contribution is 7.79. The summed E-state index contributed by atoms with van der Waals surface area (Å²) >= 11 is 4.51. The van der Waals surface area contributed by atoms with Crippen molar-refractivity contribution < 1.29 is 0 Å². The Kier molecular flexibility index (Phi) is 8.36. The predicted molar refractivity (Wildman–Crippen MR) is 150 cm³/mol. The lowest BCUT2D eigenvalue weighted by atomic mass is 9.84. The Balaban J connectivity index is 2.16. The molecule has 0 radical (unpaired) electrons. The van der Waals surface area contributed by atoms with E-state index in [1.165, 1.54) is 39.0 Å². The normalized spacial score (nSPS) is 12.0. The van der Waals surface area contributed by atoms with Gasteiger partial charge in [-0.15, -0.1) is 0 Å². The summed E-state index contributed by atoms with van der Waals surface area (Å²) in [6.07, 6.45) is 5.27. The lowest BCUT2D eigenvalue weighted by molar-refractivity contribution is 1.10. The number of rotatable bonds is 8. The second-order valence-electron chi connectivity index (χ2n) is 8.61. The molecule has 0 aromatic heterocycles. The molecule has 0 nitrogen and oxygen atoms in total. The number of hydrogen-bond donors (Lipinski definition) is 1. The van der Waals surface area contributed by atoms with Crippen LogP contribution in [0.25, 0.3) is 11.6 Å². The van der Waals surface area contributed by atoms with E-state index in [-0.39, 0.29) is 0 Å². The van der Waals surface area contributed by atoms with E-state index < -0.39 is 0 Å². The monoisotopic (exact) mass is 450 g/mol. The van der Waals surface area contributed by atoms with Gasteiger partial charge in [-0.2, -0.15) is 12.6 Å². The van der Waals surface area contributed by atoms with Gasteiger partial charge in [-0.25, -0.2) is 0 Å². The van der Waals surface area contributed by atoms with Crippen LogP contribution in [0, 0.1) is 13.8 Å². The van der Waals surface area contributed by atoms with E-state index in [1.807, 2.05) is 0 Å². The van der Waals surface area contributed by atoms with Crippen LogP contribution in [0.3, 0.4) is 0 Å². The molecule has 0 bridgehead atoms. The van der Waals surface area contributed by atoms with Crippen LogP contribution in [-0.2, 0) is 12.2 Å². The molecule has 0 saturated carbocycles. The highest BCUT2D eigenvalue weighted by atomic mass is 32.1. The van der Waals surface area contributed by atoms with Crippen molar-refractivity contribution in [1.82, 2.24) is 0 Å². The van der Waals surface area contributed by atoms with Gasteiger partial charge in [0.2, 0.25) is 0 Å². The largest absolute Gasteiger partial charge is 0.175 e. The van der Waals surface area contributed by atoms with Gasteiger partial charge < -0.3 is 0 Å². The highest BCUT2D eigenvalue weighted by Gasteiger charge is 2.16. The molecule has 0 aliphatic carbocycles. The summed E-state index contributed by atoms with van der Waals surface area (Å²) in [6, 6.07) is 23.8.